The molecule has 2 heterocycles. The van der Waals surface area contributed by atoms with Crippen LogP contribution in [0.25, 0.3) is 0 Å². The van der Waals surface area contributed by atoms with Crippen molar-refractivity contribution in [2.24, 2.45) is 0 Å². The van der Waals surface area contributed by atoms with Gasteiger partial charge in [-0.05, 0) is 24.4 Å². The van der Waals surface area contributed by atoms with Crippen molar-refractivity contribution in [2.45, 2.75) is 13.5 Å². The van der Waals surface area contributed by atoms with E-state index >= 15 is 0 Å². The van der Waals surface area contributed by atoms with Crippen LogP contribution in [-0.2, 0) is 11.3 Å². The smallest absolute Gasteiger partial charge is 0.253 e. The zero-order valence-electron chi connectivity index (χ0n) is 9.34. The Labute approximate surface area is 103 Å². The molecular weight excluding hydrogens is 236 g/mol. The van der Waals surface area contributed by atoms with Crippen LogP contribution in [0.15, 0.2) is 40.0 Å². The van der Waals surface area contributed by atoms with Crippen molar-refractivity contribution in [2.75, 3.05) is 5.32 Å². The topological polar surface area (TPSA) is 51.1 Å². The monoisotopic (exact) mass is 248 g/mol. The van der Waals surface area contributed by atoms with Crippen LogP contribution in [0.3, 0.4) is 0 Å². The van der Waals surface area contributed by atoms with E-state index in [1.54, 1.807) is 25.3 Å². The number of carbonyl (C=O) groups is 1. The highest BCUT2D eigenvalue weighted by molar-refractivity contribution is 7.08. The van der Waals surface area contributed by atoms with E-state index in [9.17, 15) is 9.59 Å². The molecule has 17 heavy (non-hydrogen) atoms. The van der Waals surface area contributed by atoms with E-state index in [4.69, 9.17) is 0 Å². The summed E-state index contributed by atoms with van der Waals surface area (Å²) in [6.07, 6.45) is 1.61. The molecule has 1 N–H and O–H groups in total. The molecule has 2 rings (SSSR count). The molecule has 0 fully saturated rings. The summed E-state index contributed by atoms with van der Waals surface area (Å²) < 4.78 is 1.40. The van der Waals surface area contributed by atoms with Crippen LogP contribution < -0.4 is 10.9 Å². The Morgan fingerprint density at radius 3 is 3.00 bits per heavy atom. The minimum absolute atomic E-state index is 0.0381. The number of thiophene rings is 1. The maximum absolute atomic E-state index is 11.7. The van der Waals surface area contributed by atoms with Crippen LogP contribution in [0.2, 0.25) is 0 Å². The zero-order chi connectivity index (χ0) is 12.3. The molecule has 2 aromatic rings. The molecular formula is C12H12N2O2S. The molecule has 0 aromatic carbocycles. The Morgan fingerprint density at radius 1 is 1.47 bits per heavy atom. The summed E-state index contributed by atoms with van der Waals surface area (Å²) in [5.41, 5.74) is 1.27. The molecule has 1 amide bonds. The normalized spacial score (nSPS) is 10.2. The highest BCUT2D eigenvalue weighted by atomic mass is 32.1. The number of nitrogens with zero attached hydrogens (tertiary/aromatic N) is 1. The average Bonchev–Trinajstić information content (AvgIpc) is 2.77. The largest absolute Gasteiger partial charge is 0.324 e. The average molecular weight is 248 g/mol. The molecule has 0 aliphatic carbocycles. The first kappa shape index (κ1) is 11.6. The van der Waals surface area contributed by atoms with E-state index in [1.807, 2.05) is 16.8 Å². The van der Waals surface area contributed by atoms with Crippen molar-refractivity contribution in [3.8, 4) is 0 Å². The molecule has 0 saturated heterocycles. The molecule has 5 heteroatoms. The highest BCUT2D eigenvalue weighted by Crippen LogP contribution is 2.11. The van der Waals surface area contributed by atoms with Crippen LogP contribution in [0.5, 0.6) is 0 Å². The number of pyridine rings is 1. The van der Waals surface area contributed by atoms with Crippen LogP contribution in [0, 0.1) is 6.92 Å². The molecule has 0 aliphatic rings. The Balaban J connectivity index is 2.08. The summed E-state index contributed by atoms with van der Waals surface area (Å²) in [4.78, 5) is 23.4. The van der Waals surface area contributed by atoms with Gasteiger partial charge in [-0.15, -0.1) is 0 Å². The number of nitrogens with one attached hydrogen (secondary N) is 1. The van der Waals surface area contributed by atoms with Crippen molar-refractivity contribution in [3.63, 3.8) is 0 Å². The lowest BCUT2D eigenvalue weighted by atomic mass is 10.3. The summed E-state index contributed by atoms with van der Waals surface area (Å²) in [7, 11) is 0. The fourth-order valence-corrected chi connectivity index (χ4v) is 2.06. The van der Waals surface area contributed by atoms with Crippen LogP contribution >= 0.6 is 11.3 Å². The quantitative estimate of drug-likeness (QED) is 0.901. The lowest BCUT2D eigenvalue weighted by Crippen LogP contribution is -2.28. The second kappa shape index (κ2) is 4.97. The Hall–Kier alpha value is -1.88. The van der Waals surface area contributed by atoms with Gasteiger partial charge >= 0.3 is 0 Å². The second-order valence-electron chi connectivity index (χ2n) is 3.68. The van der Waals surface area contributed by atoms with Gasteiger partial charge in [-0.2, -0.15) is 11.3 Å². The number of aryl methyl sites for hydroxylation is 1. The molecule has 0 atom stereocenters. The minimum atomic E-state index is -0.198. The first-order valence-corrected chi connectivity index (χ1v) is 6.09. The number of aromatic nitrogens is 1. The number of hydrogen-bond donors (Lipinski definition) is 1. The third kappa shape index (κ3) is 2.82. The van der Waals surface area contributed by atoms with E-state index < -0.39 is 0 Å². The third-order valence-corrected chi connectivity index (χ3v) is 3.01. The van der Waals surface area contributed by atoms with Gasteiger partial charge in [0.2, 0.25) is 5.91 Å². The predicted octanol–water partition coefficient (Wildman–Crippen LogP) is 1.86. The summed E-state index contributed by atoms with van der Waals surface area (Å²) in [5, 5.41) is 6.46. The Morgan fingerprint density at radius 2 is 2.29 bits per heavy atom. The highest BCUT2D eigenvalue weighted by Gasteiger charge is 2.05. The van der Waals surface area contributed by atoms with Gasteiger partial charge in [-0.1, -0.05) is 6.07 Å². The van der Waals surface area contributed by atoms with E-state index in [2.05, 4.69) is 5.32 Å². The van der Waals surface area contributed by atoms with Crippen LogP contribution in [-0.4, -0.2) is 10.5 Å². The predicted molar refractivity (Wildman–Crippen MR) is 68.4 cm³/mol. The number of carbonyl (C=O) groups excluding carboxylic acids is 1. The van der Waals surface area contributed by atoms with Crippen molar-refractivity contribution in [1.82, 2.24) is 4.57 Å². The molecule has 4 nitrogen and oxygen atoms in total. The number of rotatable bonds is 3. The van der Waals surface area contributed by atoms with E-state index in [0.717, 1.165) is 5.69 Å². The molecule has 88 valence electrons. The zero-order valence-corrected chi connectivity index (χ0v) is 10.2. The molecule has 0 radical (unpaired) electrons. The summed E-state index contributed by atoms with van der Waals surface area (Å²) in [5.74, 6) is -0.198. The van der Waals surface area contributed by atoms with Crippen molar-refractivity contribution >= 4 is 22.9 Å². The fourth-order valence-electron chi connectivity index (χ4n) is 1.47. The van der Waals surface area contributed by atoms with Crippen molar-refractivity contribution in [3.05, 3.63) is 51.1 Å². The maximum atomic E-state index is 11.7. The van der Waals surface area contributed by atoms with Gasteiger partial charge in [0.1, 0.15) is 6.54 Å². The van der Waals surface area contributed by atoms with Crippen molar-refractivity contribution < 1.29 is 4.79 Å². The summed E-state index contributed by atoms with van der Waals surface area (Å²) in [6.45, 7) is 1.77. The first-order valence-electron chi connectivity index (χ1n) is 5.15. The van der Waals surface area contributed by atoms with Gasteiger partial charge in [0.25, 0.3) is 5.56 Å². The van der Waals surface area contributed by atoms with Crippen LogP contribution in [0.1, 0.15) is 5.56 Å². The van der Waals surface area contributed by atoms with Gasteiger partial charge in [0.05, 0.1) is 5.69 Å². The fraction of sp³-hybridized carbons (Fsp3) is 0.167. The van der Waals surface area contributed by atoms with Crippen molar-refractivity contribution in [1.29, 1.82) is 0 Å². The lowest BCUT2D eigenvalue weighted by Gasteiger charge is -2.06. The standard InChI is InChI=1S/C12H12N2O2S/c1-9-3-2-5-14(12(9)16)7-11(15)13-10-4-6-17-8-10/h2-6,8H,7H2,1H3,(H,13,15). The Bertz CT molecular complexity index is 572. The summed E-state index contributed by atoms with van der Waals surface area (Å²) in [6, 6.07) is 5.31. The van der Waals surface area contributed by atoms with E-state index in [0.29, 0.717) is 5.56 Å². The molecule has 0 spiro atoms. The van der Waals surface area contributed by atoms with Gasteiger partial charge in [0.15, 0.2) is 0 Å². The SMILES string of the molecule is Cc1cccn(CC(=O)Nc2ccsc2)c1=O. The Kier molecular flexibility index (Phi) is 3.39. The molecule has 0 aliphatic heterocycles. The molecule has 2 aromatic heterocycles. The molecule has 0 saturated carbocycles. The minimum Gasteiger partial charge on any atom is -0.324 e. The number of amides is 1. The second-order valence-corrected chi connectivity index (χ2v) is 4.46. The van der Waals surface area contributed by atoms with Gasteiger partial charge in [-0.3, -0.25) is 9.59 Å². The maximum Gasteiger partial charge on any atom is 0.253 e. The van der Waals surface area contributed by atoms with Gasteiger partial charge < -0.3 is 9.88 Å². The number of anilines is 1. The first-order chi connectivity index (χ1) is 8.16. The lowest BCUT2D eigenvalue weighted by molar-refractivity contribution is -0.116. The van der Waals surface area contributed by atoms with E-state index in [1.165, 1.54) is 15.9 Å². The number of hydrogen-bond acceptors (Lipinski definition) is 3. The van der Waals surface area contributed by atoms with Crippen LogP contribution in [0.4, 0.5) is 5.69 Å². The van der Waals surface area contributed by atoms with E-state index in [-0.39, 0.29) is 18.0 Å². The van der Waals surface area contributed by atoms with Gasteiger partial charge in [-0.25, -0.2) is 0 Å². The molecule has 0 bridgehead atoms. The summed E-state index contributed by atoms with van der Waals surface area (Å²) >= 11 is 1.51. The molecule has 0 unspecified atom stereocenters. The third-order valence-electron chi connectivity index (χ3n) is 2.33. The van der Waals surface area contributed by atoms with Gasteiger partial charge in [0, 0.05) is 17.1 Å².